The highest BCUT2D eigenvalue weighted by Crippen LogP contribution is 2.08. The molecule has 4 heteroatoms. The molecule has 1 aliphatic rings. The van der Waals surface area contributed by atoms with E-state index in [-0.39, 0.29) is 11.9 Å². The molecule has 4 nitrogen and oxygen atoms in total. The van der Waals surface area contributed by atoms with Crippen LogP contribution in [0.5, 0.6) is 0 Å². The van der Waals surface area contributed by atoms with E-state index in [4.69, 9.17) is 12.2 Å². The zero-order valence-corrected chi connectivity index (χ0v) is 10.9. The third-order valence-corrected chi connectivity index (χ3v) is 3.31. The Morgan fingerprint density at radius 1 is 1.35 bits per heavy atom. The van der Waals surface area contributed by atoms with Crippen molar-refractivity contribution in [1.82, 2.24) is 9.80 Å². The summed E-state index contributed by atoms with van der Waals surface area (Å²) in [7, 11) is 0. The monoisotopic (exact) mass is 237 g/mol. The summed E-state index contributed by atoms with van der Waals surface area (Å²) in [5, 5.41) is 0. The molecular formula is C13H23N3O. The summed E-state index contributed by atoms with van der Waals surface area (Å²) < 4.78 is 0. The molecule has 1 atom stereocenters. The quantitative estimate of drug-likeness (QED) is 0.708. The molecule has 0 aromatic heterocycles. The van der Waals surface area contributed by atoms with Crippen molar-refractivity contribution in [2.75, 3.05) is 32.7 Å². The number of nitrogens with zero attached hydrogens (tertiary/aromatic N) is 2. The standard InChI is InChI=1S/C13H23N3O/c1-4-5-15-6-8-16(9-7-15)13(17)10-12(14)11(2)3/h1,11-12H,5-10,14H2,2-3H3. The van der Waals surface area contributed by atoms with E-state index < -0.39 is 0 Å². The summed E-state index contributed by atoms with van der Waals surface area (Å²) in [5.74, 6) is 3.15. The molecule has 0 spiro atoms. The van der Waals surface area contributed by atoms with Gasteiger partial charge in [0.05, 0.1) is 6.54 Å². The first-order valence-corrected chi connectivity index (χ1v) is 6.23. The summed E-state index contributed by atoms with van der Waals surface area (Å²) in [6, 6.07) is -0.0359. The maximum Gasteiger partial charge on any atom is 0.224 e. The molecule has 2 N–H and O–H groups in total. The predicted octanol–water partition coefficient (Wildman–Crippen LogP) is 0.137. The van der Waals surface area contributed by atoms with E-state index in [1.54, 1.807) is 0 Å². The number of hydrogen-bond donors (Lipinski definition) is 1. The van der Waals surface area contributed by atoms with Crippen molar-refractivity contribution in [2.45, 2.75) is 26.3 Å². The van der Waals surface area contributed by atoms with Crippen LogP contribution in [0.2, 0.25) is 0 Å². The van der Waals surface area contributed by atoms with Crippen LogP contribution in [0.1, 0.15) is 20.3 Å². The maximum atomic E-state index is 12.0. The van der Waals surface area contributed by atoms with E-state index >= 15 is 0 Å². The van der Waals surface area contributed by atoms with Gasteiger partial charge in [-0.25, -0.2) is 0 Å². The smallest absolute Gasteiger partial charge is 0.224 e. The number of nitrogens with two attached hydrogens (primary N) is 1. The van der Waals surface area contributed by atoms with Crippen molar-refractivity contribution in [1.29, 1.82) is 0 Å². The second kappa shape index (κ2) is 6.63. The molecule has 1 fully saturated rings. The Balaban J connectivity index is 2.34. The lowest BCUT2D eigenvalue weighted by Gasteiger charge is -2.34. The van der Waals surface area contributed by atoms with Crippen molar-refractivity contribution in [3.63, 3.8) is 0 Å². The van der Waals surface area contributed by atoms with Gasteiger partial charge in [-0.2, -0.15) is 0 Å². The summed E-state index contributed by atoms with van der Waals surface area (Å²) >= 11 is 0. The lowest BCUT2D eigenvalue weighted by Crippen LogP contribution is -2.49. The van der Waals surface area contributed by atoms with Crippen LogP contribution in [0.3, 0.4) is 0 Å². The van der Waals surface area contributed by atoms with Crippen LogP contribution in [0.25, 0.3) is 0 Å². The Morgan fingerprint density at radius 2 is 1.94 bits per heavy atom. The van der Waals surface area contributed by atoms with E-state index in [2.05, 4.69) is 10.8 Å². The Hall–Kier alpha value is -1.05. The van der Waals surface area contributed by atoms with Crippen LogP contribution < -0.4 is 5.73 Å². The SMILES string of the molecule is C#CCN1CCN(C(=O)CC(N)C(C)C)CC1. The highest BCUT2D eigenvalue weighted by atomic mass is 16.2. The van der Waals surface area contributed by atoms with E-state index in [0.717, 1.165) is 26.2 Å². The molecule has 17 heavy (non-hydrogen) atoms. The molecule has 0 aliphatic carbocycles. The summed E-state index contributed by atoms with van der Waals surface area (Å²) in [4.78, 5) is 16.0. The Bertz CT molecular complexity index is 288. The van der Waals surface area contributed by atoms with Gasteiger partial charge in [0.25, 0.3) is 0 Å². The molecular weight excluding hydrogens is 214 g/mol. The van der Waals surface area contributed by atoms with Gasteiger partial charge in [-0.1, -0.05) is 19.8 Å². The van der Waals surface area contributed by atoms with Crippen LogP contribution in [0, 0.1) is 18.3 Å². The van der Waals surface area contributed by atoms with Crippen LogP contribution in [-0.2, 0) is 4.79 Å². The molecule has 0 bridgehead atoms. The molecule has 1 saturated heterocycles. The summed E-state index contributed by atoms with van der Waals surface area (Å²) in [6.07, 6.45) is 5.72. The number of carbonyl (C=O) groups excluding carboxylic acids is 1. The Labute approximate surface area is 104 Å². The van der Waals surface area contributed by atoms with Crippen LogP contribution in [-0.4, -0.2) is 54.5 Å². The van der Waals surface area contributed by atoms with Gasteiger partial charge >= 0.3 is 0 Å². The highest BCUT2D eigenvalue weighted by Gasteiger charge is 2.22. The van der Waals surface area contributed by atoms with Gasteiger partial charge in [-0.15, -0.1) is 6.42 Å². The molecule has 96 valence electrons. The minimum absolute atomic E-state index is 0.0359. The van der Waals surface area contributed by atoms with Crippen LogP contribution in [0.4, 0.5) is 0 Å². The molecule has 1 aliphatic heterocycles. The van der Waals surface area contributed by atoms with Crippen molar-refractivity contribution in [3.8, 4) is 12.3 Å². The van der Waals surface area contributed by atoms with E-state index in [1.807, 2.05) is 18.7 Å². The fraction of sp³-hybridized carbons (Fsp3) is 0.769. The van der Waals surface area contributed by atoms with Gasteiger partial charge in [0.15, 0.2) is 0 Å². The minimum Gasteiger partial charge on any atom is -0.340 e. The maximum absolute atomic E-state index is 12.0. The molecule has 1 rings (SSSR count). The third-order valence-electron chi connectivity index (χ3n) is 3.31. The number of terminal acetylenes is 1. The van der Waals surface area contributed by atoms with Gasteiger partial charge < -0.3 is 10.6 Å². The van der Waals surface area contributed by atoms with Gasteiger partial charge in [-0.05, 0) is 5.92 Å². The third kappa shape index (κ3) is 4.37. The minimum atomic E-state index is -0.0359. The molecule has 0 aromatic rings. The average Bonchev–Trinajstić information content (AvgIpc) is 2.30. The van der Waals surface area contributed by atoms with E-state index in [0.29, 0.717) is 18.9 Å². The number of piperazine rings is 1. The first-order valence-electron chi connectivity index (χ1n) is 6.23. The van der Waals surface area contributed by atoms with Crippen LogP contribution in [0.15, 0.2) is 0 Å². The first kappa shape index (κ1) is 14.0. The highest BCUT2D eigenvalue weighted by molar-refractivity contribution is 5.77. The molecule has 1 heterocycles. The number of amides is 1. The predicted molar refractivity (Wildman–Crippen MR) is 69.3 cm³/mol. The Morgan fingerprint density at radius 3 is 2.41 bits per heavy atom. The fourth-order valence-electron chi connectivity index (χ4n) is 1.85. The first-order chi connectivity index (χ1) is 8.04. The zero-order chi connectivity index (χ0) is 12.8. The van der Waals surface area contributed by atoms with Crippen molar-refractivity contribution < 1.29 is 4.79 Å². The average molecular weight is 237 g/mol. The lowest BCUT2D eigenvalue weighted by atomic mass is 10.0. The second-order valence-electron chi connectivity index (χ2n) is 4.97. The van der Waals surface area contributed by atoms with Crippen LogP contribution >= 0.6 is 0 Å². The van der Waals surface area contributed by atoms with Crippen molar-refractivity contribution in [2.24, 2.45) is 11.7 Å². The Kier molecular flexibility index (Phi) is 5.46. The fourth-order valence-corrected chi connectivity index (χ4v) is 1.85. The molecule has 1 unspecified atom stereocenters. The molecule has 1 amide bonds. The summed E-state index contributed by atoms with van der Waals surface area (Å²) in [6.45, 7) is 8.04. The van der Waals surface area contributed by atoms with Gasteiger partial charge in [0.1, 0.15) is 0 Å². The lowest BCUT2D eigenvalue weighted by molar-refractivity contribution is -0.133. The largest absolute Gasteiger partial charge is 0.340 e. The normalized spacial score (nSPS) is 19.1. The molecule has 0 radical (unpaired) electrons. The van der Waals surface area contributed by atoms with Crippen molar-refractivity contribution >= 4 is 5.91 Å². The zero-order valence-electron chi connectivity index (χ0n) is 10.9. The molecule has 0 saturated carbocycles. The van der Waals surface area contributed by atoms with Gasteiger partial charge in [0.2, 0.25) is 5.91 Å². The second-order valence-corrected chi connectivity index (χ2v) is 4.97. The van der Waals surface area contributed by atoms with Crippen molar-refractivity contribution in [3.05, 3.63) is 0 Å². The van der Waals surface area contributed by atoms with Gasteiger partial charge in [-0.3, -0.25) is 9.69 Å². The topological polar surface area (TPSA) is 49.6 Å². The van der Waals surface area contributed by atoms with E-state index in [1.165, 1.54) is 0 Å². The number of carbonyl (C=O) groups is 1. The number of rotatable bonds is 4. The van der Waals surface area contributed by atoms with Gasteiger partial charge in [0, 0.05) is 38.6 Å². The molecule has 0 aromatic carbocycles. The number of hydrogen-bond acceptors (Lipinski definition) is 3. The summed E-state index contributed by atoms with van der Waals surface area (Å²) in [5.41, 5.74) is 5.91. The van der Waals surface area contributed by atoms with E-state index in [9.17, 15) is 4.79 Å².